The van der Waals surface area contributed by atoms with Crippen molar-refractivity contribution in [3.8, 4) is 11.8 Å². The minimum Gasteiger partial charge on any atom is -0.275 e. The topological polar surface area (TPSA) is 17.8 Å². The summed E-state index contributed by atoms with van der Waals surface area (Å²) in [6.45, 7) is 0. The molecule has 0 saturated heterocycles. The molecule has 0 spiro atoms. The number of nitrogens with zero attached hydrogens (tertiary/aromatic N) is 2. The first-order valence-electron chi connectivity index (χ1n) is 3.87. The molecule has 12 heavy (non-hydrogen) atoms. The predicted molar refractivity (Wildman–Crippen MR) is 50.0 cm³/mol. The summed E-state index contributed by atoms with van der Waals surface area (Å²) in [7, 11) is 1.88. The van der Waals surface area contributed by atoms with Crippen molar-refractivity contribution < 1.29 is 0 Å². The average molecular weight is 183 g/mol. The Labute approximate surface area is 77.5 Å². The molecule has 0 atom stereocenters. The highest BCUT2D eigenvalue weighted by Crippen LogP contribution is 1.92. The van der Waals surface area contributed by atoms with Crippen LogP contribution in [-0.4, -0.2) is 15.7 Å². The van der Waals surface area contributed by atoms with Gasteiger partial charge in [0.2, 0.25) is 0 Å². The molecule has 0 fully saturated rings. The van der Waals surface area contributed by atoms with E-state index in [0.29, 0.717) is 5.88 Å². The van der Waals surface area contributed by atoms with Gasteiger partial charge in [0.15, 0.2) is 0 Å². The maximum atomic E-state index is 5.50. The molecule has 0 aliphatic heterocycles. The van der Waals surface area contributed by atoms with Crippen LogP contribution in [0, 0.1) is 11.8 Å². The van der Waals surface area contributed by atoms with Crippen molar-refractivity contribution in [3.05, 3.63) is 18.0 Å². The zero-order valence-corrected chi connectivity index (χ0v) is 7.80. The van der Waals surface area contributed by atoms with Gasteiger partial charge in [-0.15, -0.1) is 11.6 Å². The maximum absolute atomic E-state index is 5.50. The van der Waals surface area contributed by atoms with Crippen LogP contribution < -0.4 is 0 Å². The molecule has 1 aromatic rings. The van der Waals surface area contributed by atoms with Crippen LogP contribution >= 0.6 is 11.6 Å². The third kappa shape index (κ3) is 2.98. The first-order valence-corrected chi connectivity index (χ1v) is 4.41. The summed E-state index contributed by atoms with van der Waals surface area (Å²) in [4.78, 5) is 0. The fourth-order valence-corrected chi connectivity index (χ4v) is 0.924. The highest BCUT2D eigenvalue weighted by atomic mass is 35.5. The molecule has 1 rings (SSSR count). The van der Waals surface area contributed by atoms with Gasteiger partial charge in [0.1, 0.15) is 5.69 Å². The molecule has 0 radical (unpaired) electrons. The predicted octanol–water partition coefficient (Wildman–Crippen LogP) is 1.79. The molecule has 0 aliphatic rings. The van der Waals surface area contributed by atoms with E-state index >= 15 is 0 Å². The molecule has 0 N–H and O–H groups in total. The van der Waals surface area contributed by atoms with Crippen LogP contribution in [0.5, 0.6) is 0 Å². The minimum atomic E-state index is 0.677. The molecule has 0 saturated carbocycles. The van der Waals surface area contributed by atoms with Crippen LogP contribution in [0.25, 0.3) is 0 Å². The van der Waals surface area contributed by atoms with Gasteiger partial charge >= 0.3 is 0 Å². The van der Waals surface area contributed by atoms with Gasteiger partial charge in [-0.1, -0.05) is 5.92 Å². The maximum Gasteiger partial charge on any atom is 0.135 e. The Hall–Kier alpha value is -0.940. The van der Waals surface area contributed by atoms with E-state index in [4.69, 9.17) is 11.6 Å². The number of hydrogen-bond acceptors (Lipinski definition) is 1. The molecule has 0 aliphatic carbocycles. The zero-order valence-electron chi connectivity index (χ0n) is 7.05. The number of halogens is 1. The molecule has 2 nitrogen and oxygen atoms in total. The van der Waals surface area contributed by atoms with Gasteiger partial charge in [0.25, 0.3) is 0 Å². The smallest absolute Gasteiger partial charge is 0.135 e. The lowest BCUT2D eigenvalue weighted by atomic mass is 10.3. The van der Waals surface area contributed by atoms with Crippen molar-refractivity contribution in [2.75, 3.05) is 5.88 Å². The Morgan fingerprint density at radius 1 is 1.67 bits per heavy atom. The van der Waals surface area contributed by atoms with Crippen molar-refractivity contribution in [1.82, 2.24) is 9.78 Å². The zero-order chi connectivity index (χ0) is 8.81. The number of hydrogen-bond donors (Lipinski definition) is 0. The molecule has 0 amide bonds. The molecule has 0 aromatic carbocycles. The Morgan fingerprint density at radius 3 is 3.08 bits per heavy atom. The number of aryl methyl sites for hydroxylation is 1. The molecule has 3 heteroatoms. The lowest BCUT2D eigenvalue weighted by Crippen LogP contribution is -1.87. The van der Waals surface area contributed by atoms with E-state index in [0.717, 1.165) is 18.5 Å². The standard InChI is InChI=1S/C9H11ClN2/c1-12-8-6-9(11-12)5-3-2-4-7-10/h6,8H,2,4,7H2,1H3. The summed E-state index contributed by atoms with van der Waals surface area (Å²) in [5, 5.41) is 4.12. The highest BCUT2D eigenvalue weighted by molar-refractivity contribution is 6.17. The number of unbranched alkanes of at least 4 members (excludes halogenated alkanes) is 1. The lowest BCUT2D eigenvalue weighted by molar-refractivity contribution is 0.763. The summed E-state index contributed by atoms with van der Waals surface area (Å²) in [6, 6.07) is 1.90. The van der Waals surface area contributed by atoms with E-state index in [2.05, 4.69) is 16.9 Å². The molecule has 0 unspecified atom stereocenters. The van der Waals surface area contributed by atoms with Gasteiger partial charge in [-0.05, 0) is 18.4 Å². The van der Waals surface area contributed by atoms with Crippen LogP contribution in [-0.2, 0) is 7.05 Å². The molecular weight excluding hydrogens is 172 g/mol. The van der Waals surface area contributed by atoms with Crippen LogP contribution in [0.4, 0.5) is 0 Å². The lowest BCUT2D eigenvalue weighted by Gasteiger charge is -1.83. The van der Waals surface area contributed by atoms with E-state index in [1.807, 2.05) is 19.3 Å². The van der Waals surface area contributed by atoms with Gasteiger partial charge < -0.3 is 0 Å². The average Bonchev–Trinajstić information content (AvgIpc) is 2.45. The second kappa shape index (κ2) is 4.84. The van der Waals surface area contributed by atoms with E-state index < -0.39 is 0 Å². The molecule has 1 heterocycles. The number of rotatable bonds is 2. The Morgan fingerprint density at radius 2 is 2.50 bits per heavy atom. The summed E-state index contributed by atoms with van der Waals surface area (Å²) in [6.07, 6.45) is 3.67. The SMILES string of the molecule is Cn1ccc(C#CCCCCl)n1. The minimum absolute atomic E-state index is 0.677. The van der Waals surface area contributed by atoms with Crippen molar-refractivity contribution in [3.63, 3.8) is 0 Å². The fraction of sp³-hybridized carbons (Fsp3) is 0.444. The normalized spacial score (nSPS) is 9.17. The third-order valence-corrected chi connectivity index (χ3v) is 1.63. The molecule has 64 valence electrons. The summed E-state index contributed by atoms with van der Waals surface area (Å²) in [5.74, 6) is 6.64. The van der Waals surface area contributed by atoms with Crippen LogP contribution in [0.1, 0.15) is 18.5 Å². The van der Waals surface area contributed by atoms with Gasteiger partial charge in [-0.3, -0.25) is 4.68 Å². The molecule has 1 aromatic heterocycles. The molecule has 0 bridgehead atoms. The molecular formula is C9H11ClN2. The Bertz CT molecular complexity index is 293. The van der Waals surface area contributed by atoms with E-state index in [1.165, 1.54) is 0 Å². The first-order chi connectivity index (χ1) is 5.83. The Kier molecular flexibility index (Phi) is 3.69. The number of aromatic nitrogens is 2. The van der Waals surface area contributed by atoms with E-state index in [-0.39, 0.29) is 0 Å². The second-order valence-corrected chi connectivity index (χ2v) is 2.85. The second-order valence-electron chi connectivity index (χ2n) is 2.47. The van der Waals surface area contributed by atoms with Crippen molar-refractivity contribution in [2.45, 2.75) is 12.8 Å². The van der Waals surface area contributed by atoms with Crippen molar-refractivity contribution in [2.24, 2.45) is 7.05 Å². The van der Waals surface area contributed by atoms with Crippen LogP contribution in [0.2, 0.25) is 0 Å². The van der Waals surface area contributed by atoms with Crippen LogP contribution in [0.15, 0.2) is 12.3 Å². The van der Waals surface area contributed by atoms with Gasteiger partial charge in [-0.2, -0.15) is 5.10 Å². The van der Waals surface area contributed by atoms with Crippen molar-refractivity contribution in [1.29, 1.82) is 0 Å². The summed E-state index contributed by atoms with van der Waals surface area (Å²) >= 11 is 5.50. The van der Waals surface area contributed by atoms with E-state index in [9.17, 15) is 0 Å². The number of alkyl halides is 1. The van der Waals surface area contributed by atoms with Gasteiger partial charge in [0, 0.05) is 25.5 Å². The van der Waals surface area contributed by atoms with Crippen molar-refractivity contribution >= 4 is 11.6 Å². The van der Waals surface area contributed by atoms with E-state index in [1.54, 1.807) is 4.68 Å². The highest BCUT2D eigenvalue weighted by Gasteiger charge is 1.88. The van der Waals surface area contributed by atoms with Gasteiger partial charge in [-0.25, -0.2) is 0 Å². The Balaban J connectivity index is 2.43. The first kappa shape index (κ1) is 9.15. The van der Waals surface area contributed by atoms with Crippen LogP contribution in [0.3, 0.4) is 0 Å². The summed E-state index contributed by atoms with van der Waals surface area (Å²) < 4.78 is 1.74. The third-order valence-electron chi connectivity index (χ3n) is 1.37. The fourth-order valence-electron chi connectivity index (χ4n) is 0.790. The summed E-state index contributed by atoms with van der Waals surface area (Å²) in [5.41, 5.74) is 0.826. The largest absolute Gasteiger partial charge is 0.275 e. The monoisotopic (exact) mass is 182 g/mol. The quantitative estimate of drug-likeness (QED) is 0.388. The van der Waals surface area contributed by atoms with Gasteiger partial charge in [0.05, 0.1) is 0 Å².